The van der Waals surface area contributed by atoms with Gasteiger partial charge < -0.3 is 10.6 Å². The van der Waals surface area contributed by atoms with Crippen LogP contribution in [-0.4, -0.2) is 24.5 Å². The van der Waals surface area contributed by atoms with E-state index in [1.807, 2.05) is 0 Å². The molecule has 0 saturated carbocycles. The lowest BCUT2D eigenvalue weighted by Gasteiger charge is -2.12. The van der Waals surface area contributed by atoms with Crippen LogP contribution in [0.25, 0.3) is 0 Å². The van der Waals surface area contributed by atoms with E-state index in [0.29, 0.717) is 11.1 Å². The fourth-order valence-electron chi connectivity index (χ4n) is 2.37. The molecule has 0 spiro atoms. The van der Waals surface area contributed by atoms with Gasteiger partial charge in [0.05, 0.1) is 12.0 Å². The van der Waals surface area contributed by atoms with Crippen molar-refractivity contribution in [2.75, 3.05) is 11.9 Å². The van der Waals surface area contributed by atoms with Gasteiger partial charge in [0.2, 0.25) is 5.91 Å². The molecule has 0 bridgehead atoms. The Morgan fingerprint density at radius 1 is 0.931 bits per heavy atom. The lowest BCUT2D eigenvalue weighted by Crippen LogP contribution is -2.33. The smallest absolute Gasteiger partial charge is 0.343 e. The number of amides is 2. The molecule has 2 aromatic carbocycles. The molecule has 2 N–H and O–H groups in total. The normalized spacial score (nSPS) is 11.8. The number of aryl methyl sites for hydroxylation is 1. The number of rotatable bonds is 5. The van der Waals surface area contributed by atoms with Crippen LogP contribution >= 0.6 is 0 Å². The minimum atomic E-state index is -4.56. The summed E-state index contributed by atoms with van der Waals surface area (Å²) in [5, 5.41) is 4.24. The summed E-state index contributed by atoms with van der Waals surface area (Å²) in [6, 6.07) is 8.07. The number of alkyl halides is 6. The number of carbonyl (C=O) groups excluding carboxylic acids is 2. The molecule has 0 unspecified atom stereocenters. The van der Waals surface area contributed by atoms with Crippen LogP contribution in [0.5, 0.6) is 0 Å². The van der Waals surface area contributed by atoms with Gasteiger partial charge in [0.25, 0.3) is 5.91 Å². The van der Waals surface area contributed by atoms with Crippen molar-refractivity contribution in [3.63, 3.8) is 0 Å². The van der Waals surface area contributed by atoms with Gasteiger partial charge in [0, 0.05) is 11.3 Å². The van der Waals surface area contributed by atoms with E-state index in [9.17, 15) is 35.9 Å². The molecule has 4 nitrogen and oxygen atoms in total. The minimum Gasteiger partial charge on any atom is -0.343 e. The molecule has 2 rings (SSSR count). The lowest BCUT2D eigenvalue weighted by molar-refractivity contribution is -0.137. The number of hydrogen-bond acceptors (Lipinski definition) is 2. The Morgan fingerprint density at radius 3 is 2.10 bits per heavy atom. The first kappa shape index (κ1) is 22.3. The molecular weight excluding hydrogens is 402 g/mol. The first-order valence-electron chi connectivity index (χ1n) is 8.27. The van der Waals surface area contributed by atoms with Crippen LogP contribution < -0.4 is 10.6 Å². The lowest BCUT2D eigenvalue weighted by atomic mass is 10.1. The zero-order valence-electron chi connectivity index (χ0n) is 15.0. The molecule has 0 aliphatic heterocycles. The zero-order chi connectivity index (χ0) is 21.8. The van der Waals surface area contributed by atoms with Crippen molar-refractivity contribution in [2.45, 2.75) is 25.7 Å². The molecule has 0 fully saturated rings. The highest BCUT2D eigenvalue weighted by atomic mass is 19.4. The number of nitrogens with one attached hydrogen (secondary N) is 2. The standard InChI is InChI=1S/C19H16F6N2O2/c1-11-2-5-13(17(29)26-10-18(20,21)22)9-15(11)27-16(28)8-12-3-6-14(7-4-12)19(23,24)25/h2-7,9H,8,10H2,1H3,(H,26,29)(H,27,28). The molecule has 0 atom stereocenters. The summed E-state index contributed by atoms with van der Waals surface area (Å²) < 4.78 is 74.3. The van der Waals surface area contributed by atoms with E-state index in [0.717, 1.165) is 12.1 Å². The van der Waals surface area contributed by atoms with Crippen molar-refractivity contribution in [1.82, 2.24) is 5.32 Å². The highest BCUT2D eigenvalue weighted by Crippen LogP contribution is 2.29. The van der Waals surface area contributed by atoms with Crippen molar-refractivity contribution in [3.8, 4) is 0 Å². The van der Waals surface area contributed by atoms with E-state index in [1.165, 1.54) is 30.3 Å². The number of hydrogen-bond donors (Lipinski definition) is 2. The van der Waals surface area contributed by atoms with Gasteiger partial charge in [-0.3, -0.25) is 9.59 Å². The highest BCUT2D eigenvalue weighted by molar-refractivity contribution is 5.98. The van der Waals surface area contributed by atoms with Crippen LogP contribution in [0.2, 0.25) is 0 Å². The number of anilines is 1. The molecule has 0 aliphatic rings. The van der Waals surface area contributed by atoms with Gasteiger partial charge in [-0.25, -0.2) is 0 Å². The molecule has 2 amide bonds. The number of carbonyl (C=O) groups is 2. The molecule has 0 radical (unpaired) electrons. The first-order chi connectivity index (χ1) is 13.3. The van der Waals surface area contributed by atoms with Gasteiger partial charge in [0.1, 0.15) is 6.54 Å². The summed E-state index contributed by atoms with van der Waals surface area (Å²) in [5.41, 5.74) is 0.187. The Kier molecular flexibility index (Phi) is 6.55. The summed E-state index contributed by atoms with van der Waals surface area (Å²) in [6.45, 7) is 0.125. The molecule has 0 heterocycles. The highest BCUT2D eigenvalue weighted by Gasteiger charge is 2.30. The van der Waals surface area contributed by atoms with Crippen molar-refractivity contribution in [2.24, 2.45) is 0 Å². The molecular formula is C19H16F6N2O2. The van der Waals surface area contributed by atoms with Gasteiger partial charge in [-0.1, -0.05) is 18.2 Å². The third-order valence-corrected chi connectivity index (χ3v) is 3.87. The topological polar surface area (TPSA) is 58.2 Å². The van der Waals surface area contributed by atoms with E-state index in [1.54, 1.807) is 12.2 Å². The third-order valence-electron chi connectivity index (χ3n) is 3.87. The Labute approximate surface area is 161 Å². The first-order valence-corrected chi connectivity index (χ1v) is 8.27. The molecule has 29 heavy (non-hydrogen) atoms. The maximum Gasteiger partial charge on any atom is 0.416 e. The average Bonchev–Trinajstić information content (AvgIpc) is 2.60. The summed E-state index contributed by atoms with van der Waals surface area (Å²) in [6.07, 6.45) is -9.26. The van der Waals surface area contributed by atoms with Crippen molar-refractivity contribution in [1.29, 1.82) is 0 Å². The predicted octanol–water partition coefficient (Wildman–Crippen LogP) is 4.49. The maximum absolute atomic E-state index is 12.6. The van der Waals surface area contributed by atoms with Gasteiger partial charge in [-0.2, -0.15) is 26.3 Å². The average molecular weight is 418 g/mol. The van der Waals surface area contributed by atoms with Crippen LogP contribution in [-0.2, 0) is 17.4 Å². The summed E-state index contributed by atoms with van der Waals surface area (Å²) >= 11 is 0. The number of halogens is 6. The SMILES string of the molecule is Cc1ccc(C(=O)NCC(F)(F)F)cc1NC(=O)Cc1ccc(C(F)(F)F)cc1. The van der Waals surface area contributed by atoms with E-state index < -0.39 is 36.3 Å². The summed E-state index contributed by atoms with van der Waals surface area (Å²) in [5.74, 6) is -1.51. The van der Waals surface area contributed by atoms with Crippen molar-refractivity contribution in [3.05, 3.63) is 64.7 Å². The quantitative estimate of drug-likeness (QED) is 0.704. The Hall–Kier alpha value is -3.04. The van der Waals surface area contributed by atoms with Gasteiger partial charge in [-0.15, -0.1) is 0 Å². The molecule has 156 valence electrons. The van der Waals surface area contributed by atoms with Gasteiger partial charge in [-0.05, 0) is 42.3 Å². The monoisotopic (exact) mass is 418 g/mol. The molecule has 0 aliphatic carbocycles. The van der Waals surface area contributed by atoms with E-state index in [-0.39, 0.29) is 17.7 Å². The van der Waals surface area contributed by atoms with E-state index in [2.05, 4.69) is 5.32 Å². The largest absolute Gasteiger partial charge is 0.416 e. The van der Waals surface area contributed by atoms with Gasteiger partial charge >= 0.3 is 12.4 Å². The fourth-order valence-corrected chi connectivity index (χ4v) is 2.37. The second-order valence-electron chi connectivity index (χ2n) is 6.25. The summed E-state index contributed by atoms with van der Waals surface area (Å²) in [7, 11) is 0. The Morgan fingerprint density at radius 2 is 1.55 bits per heavy atom. The van der Waals surface area contributed by atoms with Gasteiger partial charge in [0.15, 0.2) is 0 Å². The van der Waals surface area contributed by atoms with Crippen LogP contribution in [0, 0.1) is 6.92 Å². The fraction of sp³-hybridized carbons (Fsp3) is 0.263. The van der Waals surface area contributed by atoms with E-state index >= 15 is 0 Å². The minimum absolute atomic E-state index is 0.0790. The second kappa shape index (κ2) is 8.54. The van der Waals surface area contributed by atoms with E-state index in [4.69, 9.17) is 0 Å². The van der Waals surface area contributed by atoms with Crippen LogP contribution in [0.15, 0.2) is 42.5 Å². The summed E-state index contributed by atoms with van der Waals surface area (Å²) in [4.78, 5) is 24.0. The van der Waals surface area contributed by atoms with Crippen LogP contribution in [0.4, 0.5) is 32.0 Å². The van der Waals surface area contributed by atoms with Crippen molar-refractivity contribution < 1.29 is 35.9 Å². The molecule has 2 aromatic rings. The number of benzene rings is 2. The second-order valence-corrected chi connectivity index (χ2v) is 6.25. The van der Waals surface area contributed by atoms with Crippen LogP contribution in [0.3, 0.4) is 0 Å². The maximum atomic E-state index is 12.6. The Balaban J connectivity index is 2.05. The van der Waals surface area contributed by atoms with Crippen LogP contribution in [0.1, 0.15) is 27.0 Å². The molecule has 0 aromatic heterocycles. The van der Waals surface area contributed by atoms with Crippen molar-refractivity contribution >= 4 is 17.5 Å². The molecule has 10 heteroatoms. The zero-order valence-corrected chi connectivity index (χ0v) is 15.0. The predicted molar refractivity (Wildman–Crippen MR) is 93.3 cm³/mol. The molecule has 0 saturated heterocycles. The Bertz CT molecular complexity index is 889. The third kappa shape index (κ3) is 6.81.